The zero-order valence-corrected chi connectivity index (χ0v) is 18.8. The minimum atomic E-state index is -0.482. The third kappa shape index (κ3) is 3.77. The third-order valence-electron chi connectivity index (χ3n) is 6.90. The average molecular weight is 445 g/mol. The molecular formula is C26H28N4O3. The largest absolute Gasteiger partial charge is 0.382 e. The van der Waals surface area contributed by atoms with Gasteiger partial charge in [0.1, 0.15) is 0 Å². The van der Waals surface area contributed by atoms with Crippen LogP contribution in [0.15, 0.2) is 42.5 Å². The van der Waals surface area contributed by atoms with Gasteiger partial charge in [0, 0.05) is 54.8 Å². The van der Waals surface area contributed by atoms with Gasteiger partial charge in [0.25, 0.3) is 5.91 Å². The fourth-order valence-corrected chi connectivity index (χ4v) is 5.25. The number of amides is 2. The van der Waals surface area contributed by atoms with E-state index in [0.717, 1.165) is 53.4 Å². The quantitative estimate of drug-likeness (QED) is 0.639. The molecule has 0 bridgehead atoms. The number of fused-ring (bicyclic) bond motifs is 3. The molecule has 2 aromatic carbocycles. The summed E-state index contributed by atoms with van der Waals surface area (Å²) >= 11 is 0. The van der Waals surface area contributed by atoms with Crippen LogP contribution in [0.5, 0.6) is 0 Å². The number of benzene rings is 2. The summed E-state index contributed by atoms with van der Waals surface area (Å²) in [7, 11) is 0. The van der Waals surface area contributed by atoms with Gasteiger partial charge in [-0.1, -0.05) is 24.3 Å². The number of primary amides is 1. The summed E-state index contributed by atoms with van der Waals surface area (Å²) in [4.78, 5) is 38.4. The third-order valence-corrected chi connectivity index (χ3v) is 6.90. The van der Waals surface area contributed by atoms with Crippen molar-refractivity contribution in [3.05, 3.63) is 53.7 Å². The number of nitrogens with zero attached hydrogens (tertiary/aromatic N) is 2. The van der Waals surface area contributed by atoms with Crippen LogP contribution in [0.25, 0.3) is 22.0 Å². The van der Waals surface area contributed by atoms with Crippen molar-refractivity contribution in [1.29, 1.82) is 0 Å². The first kappa shape index (κ1) is 21.2. The molecule has 0 unspecified atom stereocenters. The monoisotopic (exact) mass is 444 g/mol. The van der Waals surface area contributed by atoms with Gasteiger partial charge in [0.2, 0.25) is 11.8 Å². The average Bonchev–Trinajstić information content (AvgIpc) is 3.15. The molecule has 1 fully saturated rings. The van der Waals surface area contributed by atoms with Crippen LogP contribution in [0.4, 0.5) is 5.69 Å². The van der Waals surface area contributed by atoms with Crippen LogP contribution in [0, 0.1) is 0 Å². The lowest BCUT2D eigenvalue weighted by atomic mass is 9.96. The van der Waals surface area contributed by atoms with Gasteiger partial charge in [-0.25, -0.2) is 0 Å². The molecule has 3 aromatic rings. The van der Waals surface area contributed by atoms with E-state index in [4.69, 9.17) is 5.73 Å². The Bertz CT molecular complexity index is 1270. The molecule has 7 heteroatoms. The van der Waals surface area contributed by atoms with E-state index < -0.39 is 5.91 Å². The number of hydrogen-bond donors (Lipinski definition) is 2. The lowest BCUT2D eigenvalue weighted by molar-refractivity contribution is -0.129. The minimum absolute atomic E-state index is 0.0909. The molecular weight excluding hydrogens is 416 g/mol. The number of para-hydroxylation sites is 1. The molecule has 5 rings (SSSR count). The summed E-state index contributed by atoms with van der Waals surface area (Å²) in [6.07, 6.45) is 3.83. The standard InChI is InChI=1S/C26H28N4O3/c1-16(31)29-13-11-18(12-14-29)28-21-15-17(9-10-19(21)26(27)33)25-20-5-2-3-6-22(20)30-23(25)7-4-8-24(30)32/h2-3,5-6,9-10,15,18,28H,4,7-8,11-14H2,1H3,(H2,27,33). The number of nitrogens with two attached hydrogens (primary N) is 1. The first-order chi connectivity index (χ1) is 15.9. The Kier molecular flexibility index (Phi) is 5.40. The number of piperidine rings is 1. The molecule has 2 amide bonds. The number of carbonyl (C=O) groups is 3. The highest BCUT2D eigenvalue weighted by molar-refractivity contribution is 6.06. The van der Waals surface area contributed by atoms with Crippen molar-refractivity contribution in [1.82, 2.24) is 9.47 Å². The van der Waals surface area contributed by atoms with E-state index in [-0.39, 0.29) is 17.9 Å². The number of rotatable bonds is 4. The molecule has 0 spiro atoms. The summed E-state index contributed by atoms with van der Waals surface area (Å²) in [5, 5.41) is 4.55. The number of hydrogen-bond acceptors (Lipinski definition) is 4. The summed E-state index contributed by atoms with van der Waals surface area (Å²) in [5.74, 6) is -0.264. The van der Waals surface area contributed by atoms with E-state index in [9.17, 15) is 14.4 Å². The van der Waals surface area contributed by atoms with Crippen molar-refractivity contribution in [2.45, 2.75) is 45.1 Å². The van der Waals surface area contributed by atoms with Crippen LogP contribution in [-0.2, 0) is 11.2 Å². The molecule has 0 atom stereocenters. The number of carbonyl (C=O) groups excluding carboxylic acids is 3. The van der Waals surface area contributed by atoms with Crippen molar-refractivity contribution in [2.75, 3.05) is 18.4 Å². The van der Waals surface area contributed by atoms with E-state index in [1.165, 1.54) is 0 Å². The molecule has 0 radical (unpaired) electrons. The Hall–Kier alpha value is -3.61. The topological polar surface area (TPSA) is 97.4 Å². The normalized spacial score (nSPS) is 16.6. The van der Waals surface area contributed by atoms with Crippen LogP contribution in [0.3, 0.4) is 0 Å². The van der Waals surface area contributed by atoms with E-state index in [1.807, 2.05) is 39.8 Å². The van der Waals surface area contributed by atoms with Crippen LogP contribution in [0.2, 0.25) is 0 Å². The smallest absolute Gasteiger partial charge is 0.250 e. The maximum atomic E-state index is 12.8. The highest BCUT2D eigenvalue weighted by atomic mass is 16.2. The number of aromatic nitrogens is 1. The van der Waals surface area contributed by atoms with Gasteiger partial charge in [-0.2, -0.15) is 0 Å². The highest BCUT2D eigenvalue weighted by Gasteiger charge is 2.27. The minimum Gasteiger partial charge on any atom is -0.382 e. The maximum absolute atomic E-state index is 12.8. The fraction of sp³-hybridized carbons (Fsp3) is 0.346. The molecule has 3 heterocycles. The molecule has 2 aliphatic heterocycles. The van der Waals surface area contributed by atoms with Gasteiger partial charge < -0.3 is 16.0 Å². The van der Waals surface area contributed by atoms with Crippen molar-refractivity contribution < 1.29 is 14.4 Å². The zero-order valence-electron chi connectivity index (χ0n) is 18.8. The molecule has 0 saturated carbocycles. The summed E-state index contributed by atoms with van der Waals surface area (Å²) in [6, 6.07) is 13.8. The van der Waals surface area contributed by atoms with Crippen LogP contribution < -0.4 is 11.1 Å². The van der Waals surface area contributed by atoms with E-state index >= 15 is 0 Å². The van der Waals surface area contributed by atoms with Gasteiger partial charge in [0.05, 0.1) is 11.1 Å². The molecule has 7 nitrogen and oxygen atoms in total. The molecule has 1 aromatic heterocycles. The van der Waals surface area contributed by atoms with E-state index in [2.05, 4.69) is 11.4 Å². The summed E-state index contributed by atoms with van der Waals surface area (Å²) in [5.41, 5.74) is 10.8. The first-order valence-electron chi connectivity index (χ1n) is 11.6. The predicted molar refractivity (Wildman–Crippen MR) is 128 cm³/mol. The van der Waals surface area contributed by atoms with Gasteiger partial charge >= 0.3 is 0 Å². The van der Waals surface area contributed by atoms with Crippen molar-refractivity contribution in [3.8, 4) is 11.1 Å². The van der Waals surface area contributed by atoms with Crippen molar-refractivity contribution >= 4 is 34.3 Å². The fourth-order valence-electron chi connectivity index (χ4n) is 5.25. The van der Waals surface area contributed by atoms with Crippen LogP contribution in [0.1, 0.15) is 53.5 Å². The van der Waals surface area contributed by atoms with E-state index in [0.29, 0.717) is 30.8 Å². The van der Waals surface area contributed by atoms with Crippen LogP contribution >= 0.6 is 0 Å². The molecule has 170 valence electrons. The Morgan fingerprint density at radius 1 is 1.06 bits per heavy atom. The second-order valence-electron chi connectivity index (χ2n) is 8.97. The lowest BCUT2D eigenvalue weighted by Gasteiger charge is -2.32. The second kappa shape index (κ2) is 8.39. The number of nitrogens with one attached hydrogen (secondary N) is 1. The maximum Gasteiger partial charge on any atom is 0.250 e. The van der Waals surface area contributed by atoms with Crippen molar-refractivity contribution in [2.24, 2.45) is 5.73 Å². The predicted octanol–water partition coefficient (Wildman–Crippen LogP) is 3.81. The summed E-state index contributed by atoms with van der Waals surface area (Å²) in [6.45, 7) is 2.98. The Balaban J connectivity index is 1.56. The lowest BCUT2D eigenvalue weighted by Crippen LogP contribution is -2.41. The Labute approximate surface area is 192 Å². The number of likely N-dealkylation sites (tertiary alicyclic amines) is 1. The molecule has 1 saturated heterocycles. The molecule has 0 aliphatic carbocycles. The summed E-state index contributed by atoms with van der Waals surface area (Å²) < 4.78 is 1.86. The van der Waals surface area contributed by atoms with Crippen LogP contribution in [-0.4, -0.2) is 46.3 Å². The van der Waals surface area contributed by atoms with Gasteiger partial charge in [-0.05, 0) is 49.4 Å². The Morgan fingerprint density at radius 2 is 1.82 bits per heavy atom. The zero-order chi connectivity index (χ0) is 23.1. The Morgan fingerprint density at radius 3 is 2.55 bits per heavy atom. The molecule has 33 heavy (non-hydrogen) atoms. The first-order valence-corrected chi connectivity index (χ1v) is 11.6. The number of anilines is 1. The SMILES string of the molecule is CC(=O)N1CCC(Nc2cc(-c3c4n(c5ccccc35)C(=O)CCC4)ccc2C(N)=O)CC1. The van der Waals surface area contributed by atoms with E-state index in [1.54, 1.807) is 13.0 Å². The van der Waals surface area contributed by atoms with Crippen molar-refractivity contribution in [3.63, 3.8) is 0 Å². The van der Waals surface area contributed by atoms with Gasteiger partial charge in [-0.3, -0.25) is 19.0 Å². The van der Waals surface area contributed by atoms with Gasteiger partial charge in [0.15, 0.2) is 0 Å². The second-order valence-corrected chi connectivity index (χ2v) is 8.97. The molecule has 2 aliphatic rings. The van der Waals surface area contributed by atoms with Gasteiger partial charge in [-0.15, -0.1) is 0 Å². The molecule has 3 N–H and O–H groups in total. The highest BCUT2D eigenvalue weighted by Crippen LogP contribution is 2.39.